The number of ether oxygens (including phenoxy) is 1. The zero-order valence-corrected chi connectivity index (χ0v) is 18.5. The van der Waals surface area contributed by atoms with Crippen molar-refractivity contribution in [2.24, 2.45) is 0 Å². The Morgan fingerprint density at radius 3 is 2.55 bits per heavy atom. The van der Waals surface area contributed by atoms with E-state index < -0.39 is 4.92 Å². The van der Waals surface area contributed by atoms with Gasteiger partial charge in [-0.2, -0.15) is 0 Å². The lowest BCUT2D eigenvalue weighted by atomic mass is 9.94. The van der Waals surface area contributed by atoms with Gasteiger partial charge in [-0.25, -0.2) is 0 Å². The summed E-state index contributed by atoms with van der Waals surface area (Å²) in [5.41, 5.74) is 1.67. The number of hydrogen-bond acceptors (Lipinski definition) is 6. The van der Waals surface area contributed by atoms with Gasteiger partial charge in [0.2, 0.25) is 0 Å². The molecule has 1 aliphatic heterocycles. The molecule has 8 heteroatoms. The monoisotopic (exact) mass is 454 g/mol. The predicted molar refractivity (Wildman–Crippen MR) is 126 cm³/mol. The van der Waals surface area contributed by atoms with E-state index in [9.17, 15) is 14.9 Å². The second kappa shape index (κ2) is 9.62. The summed E-state index contributed by atoms with van der Waals surface area (Å²) in [4.78, 5) is 25.8. The second-order valence-electron chi connectivity index (χ2n) is 7.59. The third kappa shape index (κ3) is 4.97. The summed E-state index contributed by atoms with van der Waals surface area (Å²) in [5, 5.41) is 10.8. The van der Waals surface area contributed by atoms with Gasteiger partial charge in [-0.15, -0.1) is 0 Å². The molecule has 0 aromatic heterocycles. The van der Waals surface area contributed by atoms with Crippen LogP contribution in [0.15, 0.2) is 53.4 Å². The van der Waals surface area contributed by atoms with Crippen LogP contribution in [0.3, 0.4) is 0 Å². The standard InChI is InChI=1S/C23H22N2O4S2/c26-22-21(31-23(30)24(22)18-7-2-1-3-8-18)14-17-6-4-5-9-20(17)29-15-16-10-12-19(13-11-16)25(27)28/h4-6,9-14,18H,1-3,7-8,15H2/b21-14-. The van der Waals surface area contributed by atoms with E-state index in [0.717, 1.165) is 36.8 Å². The zero-order valence-electron chi connectivity index (χ0n) is 16.9. The van der Waals surface area contributed by atoms with E-state index in [-0.39, 0.29) is 24.2 Å². The van der Waals surface area contributed by atoms with Crippen molar-refractivity contribution in [3.8, 4) is 5.75 Å². The lowest BCUT2D eigenvalue weighted by molar-refractivity contribution is -0.384. The first-order valence-electron chi connectivity index (χ1n) is 10.2. The molecule has 0 unspecified atom stereocenters. The number of carbonyl (C=O) groups excluding carboxylic acids is 1. The number of carbonyl (C=O) groups is 1. The first-order valence-corrected chi connectivity index (χ1v) is 11.5. The predicted octanol–water partition coefficient (Wildman–Crippen LogP) is 5.71. The number of amides is 1. The summed E-state index contributed by atoms with van der Waals surface area (Å²) >= 11 is 6.86. The van der Waals surface area contributed by atoms with Gasteiger partial charge in [0.25, 0.3) is 11.6 Å². The van der Waals surface area contributed by atoms with E-state index in [4.69, 9.17) is 17.0 Å². The Hall–Kier alpha value is -2.71. The molecular formula is C23H22N2O4S2. The van der Waals surface area contributed by atoms with Gasteiger partial charge in [0.15, 0.2) is 0 Å². The van der Waals surface area contributed by atoms with Crippen LogP contribution in [0, 0.1) is 10.1 Å². The molecule has 2 aromatic rings. The van der Waals surface area contributed by atoms with Crippen LogP contribution < -0.4 is 4.74 Å². The third-order valence-electron chi connectivity index (χ3n) is 5.51. The molecule has 2 fully saturated rings. The lowest BCUT2D eigenvalue weighted by Crippen LogP contribution is -2.39. The van der Waals surface area contributed by atoms with Gasteiger partial charge in [-0.3, -0.25) is 19.8 Å². The summed E-state index contributed by atoms with van der Waals surface area (Å²) in [7, 11) is 0. The van der Waals surface area contributed by atoms with Crippen molar-refractivity contribution in [2.75, 3.05) is 0 Å². The summed E-state index contributed by atoms with van der Waals surface area (Å²) in [6.45, 7) is 0.270. The van der Waals surface area contributed by atoms with E-state index in [0.29, 0.717) is 15.0 Å². The smallest absolute Gasteiger partial charge is 0.269 e. The molecule has 1 saturated carbocycles. The van der Waals surface area contributed by atoms with Crippen molar-refractivity contribution in [1.82, 2.24) is 4.90 Å². The topological polar surface area (TPSA) is 72.7 Å². The average Bonchev–Trinajstić information content (AvgIpc) is 3.06. The molecule has 4 rings (SSSR count). The molecular weight excluding hydrogens is 432 g/mol. The highest BCUT2D eigenvalue weighted by Gasteiger charge is 2.37. The van der Waals surface area contributed by atoms with Gasteiger partial charge >= 0.3 is 0 Å². The number of rotatable bonds is 6. The van der Waals surface area contributed by atoms with Crippen molar-refractivity contribution in [3.05, 3.63) is 74.7 Å². The van der Waals surface area contributed by atoms with Gasteiger partial charge < -0.3 is 4.74 Å². The van der Waals surface area contributed by atoms with E-state index in [1.165, 1.54) is 30.3 Å². The fraction of sp³-hybridized carbons (Fsp3) is 0.304. The van der Waals surface area contributed by atoms with Gasteiger partial charge in [-0.1, -0.05) is 61.4 Å². The number of nitro benzene ring substituents is 1. The maximum absolute atomic E-state index is 13.1. The lowest BCUT2D eigenvalue weighted by Gasteiger charge is -2.29. The van der Waals surface area contributed by atoms with Crippen LogP contribution in [-0.4, -0.2) is 26.1 Å². The highest BCUT2D eigenvalue weighted by molar-refractivity contribution is 8.26. The van der Waals surface area contributed by atoms with Gasteiger partial charge in [0, 0.05) is 23.7 Å². The zero-order chi connectivity index (χ0) is 21.8. The number of non-ortho nitro benzene ring substituents is 1. The number of nitrogens with zero attached hydrogens (tertiary/aromatic N) is 2. The maximum atomic E-state index is 13.1. The minimum Gasteiger partial charge on any atom is -0.488 e. The first kappa shape index (κ1) is 21.5. The summed E-state index contributed by atoms with van der Waals surface area (Å²) in [6, 6.07) is 14.0. The van der Waals surface area contributed by atoms with Crippen molar-refractivity contribution in [3.63, 3.8) is 0 Å². The van der Waals surface area contributed by atoms with Crippen molar-refractivity contribution in [2.45, 2.75) is 44.8 Å². The van der Waals surface area contributed by atoms with Gasteiger partial charge in [0.05, 0.1) is 9.83 Å². The Bertz CT molecular complexity index is 1030. The van der Waals surface area contributed by atoms with Crippen LogP contribution in [0.25, 0.3) is 6.08 Å². The number of hydrogen-bond donors (Lipinski definition) is 0. The largest absolute Gasteiger partial charge is 0.488 e. The average molecular weight is 455 g/mol. The van der Waals surface area contributed by atoms with E-state index in [1.807, 2.05) is 30.3 Å². The summed E-state index contributed by atoms with van der Waals surface area (Å²) in [5.74, 6) is 0.621. The molecule has 1 aliphatic carbocycles. The summed E-state index contributed by atoms with van der Waals surface area (Å²) in [6.07, 6.45) is 7.36. The van der Waals surface area contributed by atoms with Gasteiger partial charge in [-0.05, 0) is 42.7 Å². The van der Waals surface area contributed by atoms with Crippen LogP contribution in [0.1, 0.15) is 43.2 Å². The Labute approximate surface area is 190 Å². The quantitative estimate of drug-likeness (QED) is 0.241. The fourth-order valence-electron chi connectivity index (χ4n) is 3.88. The number of benzene rings is 2. The Morgan fingerprint density at radius 1 is 1.13 bits per heavy atom. The van der Waals surface area contributed by atoms with Crippen LogP contribution in [0.4, 0.5) is 5.69 Å². The molecule has 2 aliphatic rings. The molecule has 0 bridgehead atoms. The molecule has 0 radical (unpaired) electrons. The molecule has 1 heterocycles. The van der Waals surface area contributed by atoms with E-state index >= 15 is 0 Å². The highest BCUT2D eigenvalue weighted by Crippen LogP contribution is 2.38. The Morgan fingerprint density at radius 2 is 1.84 bits per heavy atom. The normalized spacial score (nSPS) is 18.6. The van der Waals surface area contributed by atoms with Crippen LogP contribution in [0.5, 0.6) is 5.75 Å². The van der Waals surface area contributed by atoms with Gasteiger partial charge in [0.1, 0.15) is 16.7 Å². The first-order chi connectivity index (χ1) is 15.0. The molecule has 0 atom stereocenters. The summed E-state index contributed by atoms with van der Waals surface area (Å²) < 4.78 is 6.59. The third-order valence-corrected chi connectivity index (χ3v) is 6.84. The molecule has 2 aromatic carbocycles. The van der Waals surface area contributed by atoms with Crippen molar-refractivity contribution < 1.29 is 14.5 Å². The maximum Gasteiger partial charge on any atom is 0.269 e. The number of thioether (sulfide) groups is 1. The number of nitro groups is 1. The second-order valence-corrected chi connectivity index (χ2v) is 9.27. The molecule has 1 saturated heterocycles. The SMILES string of the molecule is O=C1/C(=C/c2ccccc2OCc2ccc([N+](=O)[O-])cc2)SC(=S)N1C1CCCCC1. The van der Waals surface area contributed by atoms with Crippen LogP contribution in [0.2, 0.25) is 0 Å². The van der Waals surface area contributed by atoms with Crippen LogP contribution in [-0.2, 0) is 11.4 Å². The Balaban J connectivity index is 1.49. The molecule has 1 amide bonds. The fourth-order valence-corrected chi connectivity index (χ4v) is 5.27. The molecule has 160 valence electrons. The van der Waals surface area contributed by atoms with E-state index in [2.05, 4.69) is 0 Å². The number of thiocarbonyl (C=S) groups is 1. The Kier molecular flexibility index (Phi) is 6.67. The number of para-hydroxylation sites is 1. The van der Waals surface area contributed by atoms with E-state index in [1.54, 1.807) is 17.0 Å². The van der Waals surface area contributed by atoms with Crippen molar-refractivity contribution in [1.29, 1.82) is 0 Å². The molecule has 0 N–H and O–H groups in total. The molecule has 31 heavy (non-hydrogen) atoms. The highest BCUT2D eigenvalue weighted by atomic mass is 32.2. The van der Waals surface area contributed by atoms with Crippen molar-refractivity contribution >= 4 is 46.0 Å². The molecule has 0 spiro atoms. The minimum absolute atomic E-state index is 0.0212. The molecule has 6 nitrogen and oxygen atoms in total. The minimum atomic E-state index is -0.427. The van der Waals surface area contributed by atoms with Crippen LogP contribution >= 0.6 is 24.0 Å².